The summed E-state index contributed by atoms with van der Waals surface area (Å²) in [5.41, 5.74) is 0.231. The second kappa shape index (κ2) is 8.19. The van der Waals surface area contributed by atoms with E-state index in [0.29, 0.717) is 10.9 Å². The van der Waals surface area contributed by atoms with Crippen LogP contribution in [0.3, 0.4) is 0 Å². The number of para-hydroxylation sites is 1. The maximum atomic E-state index is 13.3. The molecule has 0 radical (unpaired) electrons. The molecule has 4 rings (SSSR count). The lowest BCUT2D eigenvalue weighted by atomic mass is 10.0. The van der Waals surface area contributed by atoms with Gasteiger partial charge in [-0.25, -0.2) is 13.8 Å². The van der Waals surface area contributed by atoms with Crippen LogP contribution in [0, 0.1) is 11.6 Å². The van der Waals surface area contributed by atoms with Gasteiger partial charge in [0.15, 0.2) is 0 Å². The Morgan fingerprint density at radius 1 is 1.20 bits per heavy atom. The minimum absolute atomic E-state index is 0.0168. The van der Waals surface area contributed by atoms with E-state index in [0.717, 1.165) is 18.2 Å². The van der Waals surface area contributed by atoms with Crippen LogP contribution >= 0.6 is 0 Å². The number of hydrogen-bond donors (Lipinski definition) is 1. The Hall–Kier alpha value is -3.33. The molecule has 1 saturated heterocycles. The van der Waals surface area contributed by atoms with Crippen molar-refractivity contribution in [2.75, 3.05) is 13.1 Å². The summed E-state index contributed by atoms with van der Waals surface area (Å²) in [6.45, 7) is 0.0508. The van der Waals surface area contributed by atoms with Crippen LogP contribution in [0.5, 0.6) is 5.75 Å². The maximum Gasteiger partial charge on any atom is 0.261 e. The van der Waals surface area contributed by atoms with Crippen LogP contribution in [0.1, 0.15) is 6.42 Å². The van der Waals surface area contributed by atoms with Crippen molar-refractivity contribution in [2.24, 2.45) is 0 Å². The molecule has 9 heteroatoms. The van der Waals surface area contributed by atoms with Gasteiger partial charge in [-0.3, -0.25) is 14.2 Å². The van der Waals surface area contributed by atoms with E-state index >= 15 is 0 Å². The van der Waals surface area contributed by atoms with E-state index in [4.69, 9.17) is 4.74 Å². The molecular formula is C21H19F2N3O4. The number of aromatic nitrogens is 2. The highest BCUT2D eigenvalue weighted by Gasteiger charge is 2.32. The molecular weight excluding hydrogens is 396 g/mol. The number of piperidine rings is 1. The Bertz CT molecular complexity index is 1130. The summed E-state index contributed by atoms with van der Waals surface area (Å²) >= 11 is 0. The molecule has 3 aromatic rings. The van der Waals surface area contributed by atoms with Crippen LogP contribution in [0.15, 0.2) is 53.6 Å². The largest absolute Gasteiger partial charge is 0.487 e. The average Bonchev–Trinajstić information content (AvgIpc) is 2.71. The van der Waals surface area contributed by atoms with Gasteiger partial charge in [-0.05, 0) is 12.1 Å². The molecule has 0 bridgehead atoms. The van der Waals surface area contributed by atoms with Crippen LogP contribution in [-0.4, -0.2) is 50.8 Å². The molecule has 0 aliphatic carbocycles. The minimum Gasteiger partial charge on any atom is -0.487 e. The molecule has 1 aliphatic rings. The zero-order chi connectivity index (χ0) is 21.3. The number of β-amino-alcohol motifs (C(OH)–C–C–N with tert-alkyl or cyclic N) is 1. The predicted octanol–water partition coefficient (Wildman–Crippen LogP) is 1.72. The monoisotopic (exact) mass is 415 g/mol. The molecule has 1 fully saturated rings. The summed E-state index contributed by atoms with van der Waals surface area (Å²) in [6.07, 6.45) is -0.149. The molecule has 2 atom stereocenters. The minimum atomic E-state index is -1.04. The smallest absolute Gasteiger partial charge is 0.261 e. The number of likely N-dealkylation sites (tertiary alicyclic amines) is 1. The Morgan fingerprint density at radius 3 is 2.67 bits per heavy atom. The first-order valence-electron chi connectivity index (χ1n) is 9.43. The van der Waals surface area contributed by atoms with Crippen molar-refractivity contribution >= 4 is 16.8 Å². The van der Waals surface area contributed by atoms with Gasteiger partial charge >= 0.3 is 0 Å². The Morgan fingerprint density at radius 2 is 1.93 bits per heavy atom. The second-order valence-corrected chi connectivity index (χ2v) is 7.15. The van der Waals surface area contributed by atoms with Crippen molar-refractivity contribution in [1.82, 2.24) is 14.5 Å². The molecule has 2 heterocycles. The van der Waals surface area contributed by atoms with E-state index in [2.05, 4.69) is 4.98 Å². The number of benzene rings is 2. The number of nitrogens with zero attached hydrogens (tertiary/aromatic N) is 3. The average molecular weight is 415 g/mol. The summed E-state index contributed by atoms with van der Waals surface area (Å²) < 4.78 is 33.4. The lowest BCUT2D eigenvalue weighted by Crippen LogP contribution is -2.52. The fraction of sp³-hybridized carbons (Fsp3) is 0.286. The zero-order valence-electron chi connectivity index (χ0n) is 15.9. The molecule has 0 spiro atoms. The van der Waals surface area contributed by atoms with Crippen LogP contribution < -0.4 is 10.3 Å². The Labute approximate surface area is 170 Å². The molecule has 7 nitrogen and oxygen atoms in total. The molecule has 1 aliphatic heterocycles. The van der Waals surface area contributed by atoms with Crippen molar-refractivity contribution in [1.29, 1.82) is 0 Å². The van der Waals surface area contributed by atoms with Crippen LogP contribution in [0.25, 0.3) is 10.9 Å². The third-order valence-electron chi connectivity index (χ3n) is 5.03. The van der Waals surface area contributed by atoms with Crippen LogP contribution in [0.4, 0.5) is 8.78 Å². The quantitative estimate of drug-likeness (QED) is 0.702. The summed E-state index contributed by atoms with van der Waals surface area (Å²) in [6, 6.07) is 9.66. The molecule has 0 saturated carbocycles. The SMILES string of the molecule is O=C(Cn1cnc2ccccc2c1=O)N1CC[C@@H](Oc2cc(F)cc(F)c2)[C@H](O)C1. The lowest BCUT2D eigenvalue weighted by molar-refractivity contribution is -0.137. The first-order chi connectivity index (χ1) is 14.4. The normalized spacial score (nSPS) is 19.1. The van der Waals surface area contributed by atoms with Crippen molar-refractivity contribution < 1.29 is 23.4 Å². The first kappa shape index (κ1) is 20.0. The van der Waals surface area contributed by atoms with Crippen molar-refractivity contribution in [3.63, 3.8) is 0 Å². The first-order valence-corrected chi connectivity index (χ1v) is 9.43. The number of hydrogen-bond acceptors (Lipinski definition) is 5. The van der Waals surface area contributed by atoms with E-state index in [1.165, 1.54) is 15.8 Å². The van der Waals surface area contributed by atoms with Crippen LogP contribution in [-0.2, 0) is 11.3 Å². The van der Waals surface area contributed by atoms with Gasteiger partial charge in [0.25, 0.3) is 5.56 Å². The highest BCUT2D eigenvalue weighted by Crippen LogP contribution is 2.22. The standard InChI is InChI=1S/C21H19F2N3O4/c22-13-7-14(23)9-15(8-13)30-19-5-6-25(10-18(19)27)20(28)11-26-12-24-17-4-2-1-3-16(17)21(26)29/h1-4,7-9,12,18-19,27H,5-6,10-11H2/t18-,19-/m1/s1. The number of carbonyl (C=O) groups excluding carboxylic acids is 1. The summed E-state index contributed by atoms with van der Waals surface area (Å²) in [5.74, 6) is -1.92. The highest BCUT2D eigenvalue weighted by molar-refractivity contribution is 5.79. The van der Waals surface area contributed by atoms with Crippen LogP contribution in [0.2, 0.25) is 0 Å². The van der Waals surface area contributed by atoms with Gasteiger partial charge in [-0.15, -0.1) is 0 Å². The van der Waals surface area contributed by atoms with E-state index in [-0.39, 0.29) is 43.3 Å². The van der Waals surface area contributed by atoms with Crippen molar-refractivity contribution in [3.05, 3.63) is 70.8 Å². The van der Waals surface area contributed by atoms with Gasteiger partial charge in [0.05, 0.1) is 23.8 Å². The molecule has 1 amide bonds. The lowest BCUT2D eigenvalue weighted by Gasteiger charge is -2.36. The fourth-order valence-corrected chi connectivity index (χ4v) is 3.51. The van der Waals surface area contributed by atoms with Gasteiger partial charge in [-0.2, -0.15) is 0 Å². The number of ether oxygens (including phenoxy) is 1. The third-order valence-corrected chi connectivity index (χ3v) is 5.03. The molecule has 0 unspecified atom stereocenters. The summed E-state index contributed by atoms with van der Waals surface area (Å²) in [5, 5.41) is 10.8. The molecule has 1 aromatic heterocycles. The van der Waals surface area contributed by atoms with Crippen molar-refractivity contribution in [2.45, 2.75) is 25.2 Å². The molecule has 2 aromatic carbocycles. The van der Waals surface area contributed by atoms with E-state index in [9.17, 15) is 23.5 Å². The molecule has 1 N–H and O–H groups in total. The predicted molar refractivity (Wildman–Crippen MR) is 104 cm³/mol. The van der Waals surface area contributed by atoms with E-state index in [1.54, 1.807) is 24.3 Å². The summed E-state index contributed by atoms with van der Waals surface area (Å²) in [4.78, 5) is 30.8. The topological polar surface area (TPSA) is 84.7 Å². The van der Waals surface area contributed by atoms with Gasteiger partial charge in [0.2, 0.25) is 5.91 Å². The van der Waals surface area contributed by atoms with Gasteiger partial charge < -0.3 is 14.7 Å². The van der Waals surface area contributed by atoms with E-state index in [1.807, 2.05) is 0 Å². The number of rotatable bonds is 4. The number of aliphatic hydroxyl groups is 1. The molecule has 156 valence electrons. The zero-order valence-corrected chi connectivity index (χ0v) is 15.9. The number of aliphatic hydroxyl groups excluding tert-OH is 1. The van der Waals surface area contributed by atoms with Crippen molar-refractivity contribution in [3.8, 4) is 5.75 Å². The highest BCUT2D eigenvalue weighted by atomic mass is 19.1. The number of halogens is 2. The third kappa shape index (κ3) is 4.16. The molecule has 30 heavy (non-hydrogen) atoms. The maximum absolute atomic E-state index is 13.3. The van der Waals surface area contributed by atoms with Gasteiger partial charge in [0, 0.05) is 31.2 Å². The Balaban J connectivity index is 1.41. The second-order valence-electron chi connectivity index (χ2n) is 7.15. The van der Waals surface area contributed by atoms with E-state index < -0.39 is 23.8 Å². The number of carbonyl (C=O) groups is 1. The van der Waals surface area contributed by atoms with Gasteiger partial charge in [-0.1, -0.05) is 12.1 Å². The fourth-order valence-electron chi connectivity index (χ4n) is 3.51. The van der Waals surface area contributed by atoms with Gasteiger partial charge in [0.1, 0.15) is 36.1 Å². The number of fused-ring (bicyclic) bond motifs is 1. The number of amides is 1. The Kier molecular flexibility index (Phi) is 5.45. The summed E-state index contributed by atoms with van der Waals surface area (Å²) in [7, 11) is 0.